The molecule has 4 bridgehead atoms. The third kappa shape index (κ3) is 2.29. The molecule has 5 rings (SSSR count). The molecule has 0 aliphatic heterocycles. The topological polar surface area (TPSA) is 12.0 Å². The fourth-order valence-corrected chi connectivity index (χ4v) is 5.56. The summed E-state index contributed by atoms with van der Waals surface area (Å²) < 4.78 is 0. The number of benzene rings is 1. The molecule has 4 aliphatic carbocycles. The van der Waals surface area contributed by atoms with Gasteiger partial charge >= 0.3 is 0 Å². The molecule has 0 amide bonds. The number of rotatable bonds is 3. The molecule has 1 nitrogen and oxygen atoms in total. The molecule has 0 saturated heterocycles. The number of hydrogen-bond donors (Lipinski definition) is 1. The van der Waals surface area contributed by atoms with Crippen LogP contribution in [0.3, 0.4) is 0 Å². The summed E-state index contributed by atoms with van der Waals surface area (Å²) in [5.41, 5.74) is 1.33. The molecule has 20 heavy (non-hydrogen) atoms. The first-order valence-electron chi connectivity index (χ1n) is 8.20. The van der Waals surface area contributed by atoms with Crippen molar-refractivity contribution in [1.29, 1.82) is 0 Å². The highest BCUT2D eigenvalue weighted by Crippen LogP contribution is 2.54. The lowest BCUT2D eigenvalue weighted by molar-refractivity contribution is -0.0171. The predicted octanol–water partition coefficient (Wildman–Crippen LogP) is 4.82. The van der Waals surface area contributed by atoms with Crippen LogP contribution in [-0.2, 0) is 0 Å². The van der Waals surface area contributed by atoms with Crippen molar-refractivity contribution in [2.45, 2.75) is 51.1 Å². The van der Waals surface area contributed by atoms with E-state index in [4.69, 9.17) is 11.6 Å². The van der Waals surface area contributed by atoms with Crippen LogP contribution in [0.25, 0.3) is 0 Å². The molecule has 2 heteroatoms. The summed E-state index contributed by atoms with van der Waals surface area (Å²) in [4.78, 5) is 0. The Balaban J connectivity index is 1.49. The zero-order valence-corrected chi connectivity index (χ0v) is 12.9. The second-order valence-electron chi connectivity index (χ2n) is 7.40. The third-order valence-electron chi connectivity index (χ3n) is 6.02. The molecular weight excluding hydrogens is 266 g/mol. The van der Waals surface area contributed by atoms with Crippen molar-refractivity contribution in [2.24, 2.45) is 23.7 Å². The van der Waals surface area contributed by atoms with Crippen LogP contribution in [0.1, 0.15) is 50.6 Å². The lowest BCUT2D eigenvalue weighted by atomic mass is 9.54. The summed E-state index contributed by atoms with van der Waals surface area (Å²) in [5.74, 6) is 3.98. The first-order valence-corrected chi connectivity index (χ1v) is 8.58. The highest BCUT2D eigenvalue weighted by molar-refractivity contribution is 6.30. The molecule has 0 unspecified atom stereocenters. The first kappa shape index (κ1) is 13.2. The molecule has 4 aliphatic rings. The highest BCUT2D eigenvalue weighted by atomic mass is 35.5. The summed E-state index contributed by atoms with van der Waals surface area (Å²) in [6, 6.07) is 9.48. The van der Waals surface area contributed by atoms with Crippen LogP contribution in [-0.4, -0.2) is 6.04 Å². The van der Waals surface area contributed by atoms with E-state index < -0.39 is 0 Å². The van der Waals surface area contributed by atoms with Crippen LogP contribution < -0.4 is 5.32 Å². The monoisotopic (exact) mass is 289 g/mol. The minimum absolute atomic E-state index is 0.413. The second-order valence-corrected chi connectivity index (χ2v) is 7.84. The van der Waals surface area contributed by atoms with Gasteiger partial charge in [-0.2, -0.15) is 0 Å². The maximum absolute atomic E-state index is 6.12. The molecular formula is C18H24ClN. The van der Waals surface area contributed by atoms with Crippen LogP contribution in [0.2, 0.25) is 5.02 Å². The minimum atomic E-state index is 0.413. The number of hydrogen-bond acceptors (Lipinski definition) is 1. The van der Waals surface area contributed by atoms with E-state index in [-0.39, 0.29) is 0 Å². The smallest absolute Gasteiger partial charge is 0.0409 e. The van der Waals surface area contributed by atoms with Crippen molar-refractivity contribution in [1.82, 2.24) is 5.32 Å². The Kier molecular flexibility index (Phi) is 3.31. The Morgan fingerprint density at radius 3 is 2.30 bits per heavy atom. The molecule has 1 aromatic rings. The number of nitrogens with one attached hydrogen (secondary N) is 1. The van der Waals surface area contributed by atoms with E-state index in [1.807, 2.05) is 6.07 Å². The molecule has 0 heterocycles. The van der Waals surface area contributed by atoms with Crippen LogP contribution in [0.4, 0.5) is 0 Å². The van der Waals surface area contributed by atoms with E-state index in [1.54, 1.807) is 0 Å². The van der Waals surface area contributed by atoms with E-state index in [0.29, 0.717) is 6.04 Å². The summed E-state index contributed by atoms with van der Waals surface area (Å²) in [5, 5.41) is 4.80. The van der Waals surface area contributed by atoms with Gasteiger partial charge in [-0.3, -0.25) is 0 Å². The van der Waals surface area contributed by atoms with Gasteiger partial charge in [-0.25, -0.2) is 0 Å². The van der Waals surface area contributed by atoms with Gasteiger partial charge in [0, 0.05) is 17.1 Å². The molecule has 1 aromatic carbocycles. The fourth-order valence-electron chi connectivity index (χ4n) is 5.36. The zero-order chi connectivity index (χ0) is 13.7. The Morgan fingerprint density at radius 1 is 1.05 bits per heavy atom. The lowest BCUT2D eigenvalue weighted by Gasteiger charge is -2.55. The van der Waals surface area contributed by atoms with Gasteiger partial charge in [-0.15, -0.1) is 0 Å². The second kappa shape index (κ2) is 5.03. The van der Waals surface area contributed by atoms with Gasteiger partial charge in [0.2, 0.25) is 0 Å². The SMILES string of the molecule is C[C@@H](NC1C2CC3CC(C2)CC1C3)c1cccc(Cl)c1. The molecule has 1 N–H and O–H groups in total. The Bertz CT molecular complexity index is 470. The molecule has 108 valence electrons. The normalized spacial score (nSPS) is 40.0. The Hall–Kier alpha value is -0.530. The van der Waals surface area contributed by atoms with Crippen LogP contribution >= 0.6 is 11.6 Å². The van der Waals surface area contributed by atoms with Gasteiger partial charge < -0.3 is 5.32 Å². The maximum Gasteiger partial charge on any atom is 0.0409 e. The summed E-state index contributed by atoms with van der Waals surface area (Å²) >= 11 is 6.12. The molecule has 0 aromatic heterocycles. The van der Waals surface area contributed by atoms with Gasteiger partial charge in [0.15, 0.2) is 0 Å². The van der Waals surface area contributed by atoms with Crippen molar-refractivity contribution in [3.63, 3.8) is 0 Å². The van der Waals surface area contributed by atoms with Crippen molar-refractivity contribution in [3.05, 3.63) is 34.9 Å². The van der Waals surface area contributed by atoms with Crippen LogP contribution in [0.5, 0.6) is 0 Å². The van der Waals surface area contributed by atoms with Crippen LogP contribution in [0, 0.1) is 23.7 Å². The van der Waals surface area contributed by atoms with Crippen LogP contribution in [0.15, 0.2) is 24.3 Å². The van der Waals surface area contributed by atoms with Gasteiger partial charge in [0.05, 0.1) is 0 Å². The molecule has 4 fully saturated rings. The molecule has 0 spiro atoms. The van der Waals surface area contributed by atoms with Crippen molar-refractivity contribution in [3.8, 4) is 0 Å². The summed E-state index contributed by atoms with van der Waals surface area (Å²) in [6.45, 7) is 2.29. The predicted molar refractivity (Wildman–Crippen MR) is 83.8 cm³/mol. The summed E-state index contributed by atoms with van der Waals surface area (Å²) in [7, 11) is 0. The van der Waals surface area contributed by atoms with E-state index in [1.165, 1.54) is 37.7 Å². The average molecular weight is 290 g/mol. The lowest BCUT2D eigenvalue weighted by Crippen LogP contribution is -2.54. The maximum atomic E-state index is 6.12. The molecule has 0 radical (unpaired) electrons. The standard InChI is InChI=1S/C18H24ClN/c1-11(14-3-2-4-17(19)10-14)20-18-15-6-12-5-13(8-15)9-16(18)7-12/h2-4,10-13,15-16,18,20H,5-9H2,1H3/t11-,12?,13?,15?,16?,18?/m1/s1. The van der Waals surface area contributed by atoms with Crippen molar-refractivity contribution in [2.75, 3.05) is 0 Å². The van der Waals surface area contributed by atoms with Crippen molar-refractivity contribution >= 4 is 11.6 Å². The Labute approximate surface area is 127 Å². The fraction of sp³-hybridized carbons (Fsp3) is 0.667. The van der Waals surface area contributed by atoms with E-state index >= 15 is 0 Å². The molecule has 1 atom stereocenters. The average Bonchev–Trinajstić information content (AvgIpc) is 2.42. The van der Waals surface area contributed by atoms with Gasteiger partial charge in [-0.05, 0) is 80.4 Å². The highest BCUT2D eigenvalue weighted by Gasteiger charge is 2.48. The van der Waals surface area contributed by atoms with E-state index in [9.17, 15) is 0 Å². The largest absolute Gasteiger partial charge is 0.307 e. The van der Waals surface area contributed by atoms with Crippen molar-refractivity contribution < 1.29 is 0 Å². The minimum Gasteiger partial charge on any atom is -0.307 e. The molecule has 4 saturated carbocycles. The van der Waals surface area contributed by atoms with E-state index in [0.717, 1.165) is 34.7 Å². The third-order valence-corrected chi connectivity index (χ3v) is 6.25. The summed E-state index contributed by atoms with van der Waals surface area (Å²) in [6.07, 6.45) is 7.45. The quantitative estimate of drug-likeness (QED) is 0.841. The van der Waals surface area contributed by atoms with E-state index in [2.05, 4.69) is 30.4 Å². The Morgan fingerprint density at radius 2 is 1.70 bits per heavy atom. The first-order chi connectivity index (χ1) is 9.69. The van der Waals surface area contributed by atoms with Gasteiger partial charge in [0.25, 0.3) is 0 Å². The van der Waals surface area contributed by atoms with Gasteiger partial charge in [0.1, 0.15) is 0 Å². The van der Waals surface area contributed by atoms with Gasteiger partial charge in [-0.1, -0.05) is 23.7 Å². The number of halogens is 1. The zero-order valence-electron chi connectivity index (χ0n) is 12.2.